The molecule has 21 heavy (non-hydrogen) atoms. The molecule has 0 aliphatic rings. The summed E-state index contributed by atoms with van der Waals surface area (Å²) in [7, 11) is 0. The van der Waals surface area contributed by atoms with E-state index < -0.39 is 11.1 Å². The van der Waals surface area contributed by atoms with Crippen LogP contribution in [0.15, 0.2) is 40.0 Å². The zero-order valence-corrected chi connectivity index (χ0v) is 11.6. The average Bonchev–Trinajstić information content (AvgIpc) is 2.36. The highest BCUT2D eigenvalue weighted by Crippen LogP contribution is 2.41. The molecule has 0 unspecified atom stereocenters. The van der Waals surface area contributed by atoms with Crippen molar-refractivity contribution in [2.75, 3.05) is 0 Å². The fourth-order valence-corrected chi connectivity index (χ4v) is 2.60. The molecule has 2 rings (SSSR count). The Bertz CT molecular complexity index is 775. The molecule has 108 valence electrons. The van der Waals surface area contributed by atoms with Crippen LogP contribution in [0.1, 0.15) is 11.3 Å². The second-order valence-corrected chi connectivity index (χ2v) is 5.33. The molecule has 3 nitrogen and oxygen atoms in total. The number of H-pyrrole nitrogens is 1. The summed E-state index contributed by atoms with van der Waals surface area (Å²) in [5, 5.41) is 9.08. The maximum absolute atomic E-state index is 12.6. The first-order valence-corrected chi connectivity index (χ1v) is 6.62. The highest BCUT2D eigenvalue weighted by atomic mass is 32.2. The molecule has 0 saturated heterocycles. The molecule has 0 aliphatic carbocycles. The van der Waals surface area contributed by atoms with Gasteiger partial charge in [0, 0.05) is 16.2 Å². The van der Waals surface area contributed by atoms with Gasteiger partial charge in [-0.05, 0) is 36.4 Å². The number of nitrogens with one attached hydrogen (secondary N) is 1. The van der Waals surface area contributed by atoms with E-state index in [1.165, 1.54) is 24.3 Å². The highest BCUT2D eigenvalue weighted by Gasteiger charge is 2.30. The van der Waals surface area contributed by atoms with Crippen molar-refractivity contribution in [3.63, 3.8) is 0 Å². The van der Waals surface area contributed by atoms with Gasteiger partial charge in [0.25, 0.3) is 5.56 Å². The number of aryl methyl sites for hydroxylation is 1. The van der Waals surface area contributed by atoms with Crippen molar-refractivity contribution in [2.24, 2.45) is 0 Å². The van der Waals surface area contributed by atoms with Crippen LogP contribution in [0.4, 0.5) is 13.2 Å². The average molecular weight is 310 g/mol. The Hall–Kier alpha value is -2.20. The smallest absolute Gasteiger partial charge is 0.325 e. The van der Waals surface area contributed by atoms with Crippen LogP contribution in [0.5, 0.6) is 0 Å². The van der Waals surface area contributed by atoms with E-state index in [9.17, 15) is 18.0 Å². The monoisotopic (exact) mass is 310 g/mol. The number of hydrogen-bond acceptors (Lipinski definition) is 3. The zero-order chi connectivity index (χ0) is 15.6. The van der Waals surface area contributed by atoms with E-state index in [1.807, 2.05) is 0 Å². The third-order valence-corrected chi connectivity index (χ3v) is 3.49. The van der Waals surface area contributed by atoms with E-state index in [-0.39, 0.29) is 33.3 Å². The molecule has 7 heteroatoms. The number of aromatic nitrogens is 1. The number of alkyl halides is 3. The van der Waals surface area contributed by atoms with Gasteiger partial charge in [-0.2, -0.15) is 18.4 Å². The molecule has 1 aromatic heterocycles. The molecule has 0 saturated carbocycles. The number of nitriles is 1. The summed E-state index contributed by atoms with van der Waals surface area (Å²) in [5.74, 6) is 0. The highest BCUT2D eigenvalue weighted by molar-refractivity contribution is 8.00. The van der Waals surface area contributed by atoms with E-state index in [0.717, 1.165) is 0 Å². The Kier molecular flexibility index (Phi) is 4.09. The van der Waals surface area contributed by atoms with E-state index >= 15 is 0 Å². The molecular formula is C14H9F3N2OS. The maximum atomic E-state index is 12.6. The van der Waals surface area contributed by atoms with Gasteiger partial charge in [-0.25, -0.2) is 0 Å². The topological polar surface area (TPSA) is 56.6 Å². The van der Waals surface area contributed by atoms with Gasteiger partial charge < -0.3 is 4.98 Å². The van der Waals surface area contributed by atoms with Crippen LogP contribution in [0, 0.1) is 18.3 Å². The second-order valence-electron chi connectivity index (χ2n) is 4.23. The van der Waals surface area contributed by atoms with E-state index in [0.29, 0.717) is 5.69 Å². The van der Waals surface area contributed by atoms with Crippen molar-refractivity contribution < 1.29 is 13.2 Å². The number of aromatic amines is 1. The lowest BCUT2D eigenvalue weighted by molar-refractivity contribution is -0.0327. The molecule has 0 amide bonds. The van der Waals surface area contributed by atoms with Gasteiger partial charge in [0.05, 0.1) is 0 Å². The Balaban J connectivity index is 2.69. The molecule has 0 bridgehead atoms. The van der Waals surface area contributed by atoms with Crippen LogP contribution in [0.2, 0.25) is 0 Å². The first-order valence-electron chi connectivity index (χ1n) is 5.81. The van der Waals surface area contributed by atoms with Crippen molar-refractivity contribution in [1.82, 2.24) is 4.98 Å². The minimum atomic E-state index is -4.45. The summed E-state index contributed by atoms with van der Waals surface area (Å²) in [5.41, 5.74) is -4.37. The fraction of sp³-hybridized carbons (Fsp3) is 0.143. The summed E-state index contributed by atoms with van der Waals surface area (Å²) in [6.07, 6.45) is 0. The van der Waals surface area contributed by atoms with E-state index in [2.05, 4.69) is 4.98 Å². The van der Waals surface area contributed by atoms with Gasteiger partial charge in [-0.15, -0.1) is 0 Å². The van der Waals surface area contributed by atoms with Crippen LogP contribution in [-0.4, -0.2) is 10.5 Å². The van der Waals surface area contributed by atoms with Gasteiger partial charge in [0.2, 0.25) is 0 Å². The first-order chi connectivity index (χ1) is 9.81. The standard InChI is InChI=1S/C14H9F3N2OS/c1-8-6-10(11(7-18)13(20)19-8)9-4-2-3-5-12(9)21-14(15,16)17/h2-6H,1H3,(H,19,20). The predicted octanol–water partition coefficient (Wildman–Crippen LogP) is 3.83. The largest absolute Gasteiger partial charge is 0.446 e. The van der Waals surface area contributed by atoms with Gasteiger partial charge >= 0.3 is 5.51 Å². The Morgan fingerprint density at radius 1 is 1.24 bits per heavy atom. The lowest BCUT2D eigenvalue weighted by atomic mass is 10.0. The number of benzene rings is 1. The molecule has 2 aromatic rings. The molecule has 0 fully saturated rings. The third-order valence-electron chi connectivity index (χ3n) is 2.68. The normalized spacial score (nSPS) is 11.2. The molecule has 0 spiro atoms. The minimum absolute atomic E-state index is 0.0495. The van der Waals surface area contributed by atoms with Crippen molar-refractivity contribution in [3.05, 3.63) is 51.9 Å². The summed E-state index contributed by atoms with van der Waals surface area (Å²) in [6, 6.07) is 9.05. The molecular weight excluding hydrogens is 301 g/mol. The quantitative estimate of drug-likeness (QED) is 0.858. The second kappa shape index (κ2) is 5.66. The van der Waals surface area contributed by atoms with Gasteiger partial charge in [0.1, 0.15) is 11.6 Å². The molecule has 1 aromatic carbocycles. The van der Waals surface area contributed by atoms with Crippen LogP contribution >= 0.6 is 11.8 Å². The van der Waals surface area contributed by atoms with E-state index in [4.69, 9.17) is 5.26 Å². The Labute approximate surface area is 122 Å². The SMILES string of the molecule is Cc1cc(-c2ccccc2SC(F)(F)F)c(C#N)c(=O)[nH]1. The number of hydrogen-bond donors (Lipinski definition) is 1. The van der Waals surface area contributed by atoms with Gasteiger partial charge in [-0.3, -0.25) is 4.79 Å². The number of thioether (sulfide) groups is 1. The van der Waals surface area contributed by atoms with Gasteiger partial charge in [-0.1, -0.05) is 18.2 Å². The first kappa shape index (κ1) is 15.2. The number of pyridine rings is 1. The molecule has 0 aliphatic heterocycles. The number of halogens is 3. The fourth-order valence-electron chi connectivity index (χ4n) is 1.91. The third kappa shape index (κ3) is 3.47. The van der Waals surface area contributed by atoms with Crippen molar-refractivity contribution in [3.8, 4) is 17.2 Å². The minimum Gasteiger partial charge on any atom is -0.325 e. The van der Waals surface area contributed by atoms with Crippen molar-refractivity contribution in [1.29, 1.82) is 5.26 Å². The van der Waals surface area contributed by atoms with Crippen LogP contribution in [0.3, 0.4) is 0 Å². The zero-order valence-electron chi connectivity index (χ0n) is 10.8. The number of nitrogens with zero attached hydrogens (tertiary/aromatic N) is 1. The van der Waals surface area contributed by atoms with Crippen LogP contribution in [0.25, 0.3) is 11.1 Å². The number of rotatable bonds is 2. The lowest BCUT2D eigenvalue weighted by Gasteiger charge is -2.12. The molecule has 0 atom stereocenters. The summed E-state index contributed by atoms with van der Waals surface area (Å²) in [6.45, 7) is 1.60. The summed E-state index contributed by atoms with van der Waals surface area (Å²) < 4.78 is 37.8. The van der Waals surface area contributed by atoms with Crippen molar-refractivity contribution >= 4 is 11.8 Å². The molecule has 1 N–H and O–H groups in total. The van der Waals surface area contributed by atoms with Gasteiger partial charge in [0.15, 0.2) is 0 Å². The summed E-state index contributed by atoms with van der Waals surface area (Å²) >= 11 is -0.269. The molecule has 0 radical (unpaired) electrons. The maximum Gasteiger partial charge on any atom is 0.446 e. The predicted molar refractivity (Wildman–Crippen MR) is 73.9 cm³/mol. The van der Waals surface area contributed by atoms with E-state index in [1.54, 1.807) is 19.1 Å². The lowest BCUT2D eigenvalue weighted by Crippen LogP contribution is -2.13. The Morgan fingerprint density at radius 2 is 1.90 bits per heavy atom. The summed E-state index contributed by atoms with van der Waals surface area (Å²) in [4.78, 5) is 14.2. The Morgan fingerprint density at radius 3 is 2.52 bits per heavy atom. The van der Waals surface area contributed by atoms with Crippen LogP contribution < -0.4 is 5.56 Å². The molecule has 1 heterocycles. The van der Waals surface area contributed by atoms with Crippen molar-refractivity contribution in [2.45, 2.75) is 17.3 Å². The van der Waals surface area contributed by atoms with Crippen LogP contribution in [-0.2, 0) is 0 Å².